The largest absolute Gasteiger partial charge is 0.481 e. The minimum atomic E-state index is -0.722. The van der Waals surface area contributed by atoms with E-state index in [1.807, 2.05) is 13.1 Å². The maximum Gasteiger partial charge on any atom is 0.303 e. The highest BCUT2D eigenvalue weighted by atomic mass is 79.9. The van der Waals surface area contributed by atoms with Gasteiger partial charge in [-0.1, -0.05) is 0 Å². The molecule has 0 aliphatic carbocycles. The molecule has 1 rings (SSSR count). The molecule has 3 nitrogen and oxygen atoms in total. The van der Waals surface area contributed by atoms with Crippen molar-refractivity contribution in [2.24, 2.45) is 0 Å². The van der Waals surface area contributed by atoms with E-state index in [2.05, 4.69) is 33.8 Å². The van der Waals surface area contributed by atoms with E-state index in [0.717, 1.165) is 10.3 Å². The predicted octanol–water partition coefficient (Wildman–Crippen LogP) is 3.37. The van der Waals surface area contributed by atoms with Gasteiger partial charge in [0.25, 0.3) is 0 Å². The van der Waals surface area contributed by atoms with Crippen LogP contribution >= 0.6 is 27.3 Å². The van der Waals surface area contributed by atoms with E-state index in [1.54, 1.807) is 11.3 Å². The van der Waals surface area contributed by atoms with Crippen LogP contribution in [0.5, 0.6) is 0 Å². The van der Waals surface area contributed by atoms with Crippen LogP contribution in [0.25, 0.3) is 0 Å². The molecule has 0 amide bonds. The lowest BCUT2D eigenvalue weighted by Gasteiger charge is -2.23. The molecule has 1 atom stereocenters. The first-order valence-electron chi connectivity index (χ1n) is 5.18. The first-order valence-corrected chi connectivity index (χ1v) is 6.79. The molecule has 1 aromatic heterocycles. The number of hydrogen-bond donors (Lipinski definition) is 1. The Morgan fingerprint density at radius 1 is 1.62 bits per heavy atom. The minimum Gasteiger partial charge on any atom is -0.481 e. The number of carbonyl (C=O) groups is 1. The van der Waals surface area contributed by atoms with Crippen LogP contribution in [0.4, 0.5) is 0 Å². The number of thiophene rings is 1. The fourth-order valence-corrected chi connectivity index (χ4v) is 2.98. The molecule has 0 bridgehead atoms. The van der Waals surface area contributed by atoms with E-state index in [0.29, 0.717) is 12.5 Å². The molecule has 0 fully saturated rings. The first-order chi connectivity index (χ1) is 7.50. The van der Waals surface area contributed by atoms with Crippen LogP contribution in [-0.2, 0) is 4.79 Å². The number of rotatable bonds is 6. The van der Waals surface area contributed by atoms with Gasteiger partial charge in [-0.25, -0.2) is 0 Å². The van der Waals surface area contributed by atoms with Gasteiger partial charge in [0.2, 0.25) is 0 Å². The third-order valence-corrected chi connectivity index (χ3v) is 4.36. The van der Waals surface area contributed by atoms with Crippen molar-refractivity contribution in [3.8, 4) is 0 Å². The van der Waals surface area contributed by atoms with Crippen molar-refractivity contribution in [2.45, 2.75) is 25.8 Å². The van der Waals surface area contributed by atoms with Crippen molar-refractivity contribution in [1.29, 1.82) is 0 Å². The average molecular weight is 306 g/mol. The van der Waals surface area contributed by atoms with Gasteiger partial charge in [-0.15, -0.1) is 11.3 Å². The smallest absolute Gasteiger partial charge is 0.303 e. The first kappa shape index (κ1) is 13.7. The second kappa shape index (κ2) is 6.37. The Labute approximate surface area is 108 Å². The van der Waals surface area contributed by atoms with E-state index < -0.39 is 5.97 Å². The van der Waals surface area contributed by atoms with Crippen LogP contribution in [0.2, 0.25) is 0 Å². The Hall–Kier alpha value is -0.390. The number of carboxylic acid groups (broad SMARTS) is 1. The number of halogens is 1. The highest BCUT2D eigenvalue weighted by molar-refractivity contribution is 9.11. The molecule has 0 saturated carbocycles. The molecule has 1 aromatic rings. The molecule has 5 heteroatoms. The summed E-state index contributed by atoms with van der Waals surface area (Å²) in [6.07, 6.45) is 0.938. The lowest BCUT2D eigenvalue weighted by Crippen LogP contribution is -2.23. The Kier molecular flexibility index (Phi) is 5.44. The quantitative estimate of drug-likeness (QED) is 0.876. The molecule has 0 aliphatic rings. The topological polar surface area (TPSA) is 40.5 Å². The summed E-state index contributed by atoms with van der Waals surface area (Å²) in [5, 5.41) is 8.56. The second-order valence-electron chi connectivity index (χ2n) is 3.80. The lowest BCUT2D eigenvalue weighted by atomic mass is 10.2. The van der Waals surface area contributed by atoms with E-state index in [-0.39, 0.29) is 6.42 Å². The predicted molar refractivity (Wildman–Crippen MR) is 69.9 cm³/mol. The number of aliphatic carboxylic acids is 1. The molecule has 90 valence electrons. The van der Waals surface area contributed by atoms with Crippen molar-refractivity contribution < 1.29 is 9.90 Å². The van der Waals surface area contributed by atoms with Gasteiger partial charge >= 0.3 is 5.97 Å². The molecule has 0 spiro atoms. The highest BCUT2D eigenvalue weighted by Gasteiger charge is 2.13. The van der Waals surface area contributed by atoms with Crippen molar-refractivity contribution in [2.75, 3.05) is 13.6 Å². The Morgan fingerprint density at radius 2 is 2.31 bits per heavy atom. The van der Waals surface area contributed by atoms with Gasteiger partial charge in [-0.05, 0) is 55.0 Å². The molecule has 1 unspecified atom stereocenters. The van der Waals surface area contributed by atoms with Gasteiger partial charge in [-0.3, -0.25) is 9.69 Å². The standard InChI is InChI=1S/C11H16BrNO2S/c1-8(9-5-6-10(12)16-9)13(2)7-3-4-11(14)15/h5-6,8H,3-4,7H2,1-2H3,(H,14,15). The van der Waals surface area contributed by atoms with Gasteiger partial charge in [0.15, 0.2) is 0 Å². The van der Waals surface area contributed by atoms with Gasteiger partial charge in [0, 0.05) is 17.3 Å². The molecule has 0 aromatic carbocycles. The van der Waals surface area contributed by atoms with E-state index >= 15 is 0 Å². The third kappa shape index (κ3) is 4.23. The summed E-state index contributed by atoms with van der Waals surface area (Å²) in [5.74, 6) is -0.722. The lowest BCUT2D eigenvalue weighted by molar-refractivity contribution is -0.137. The molecule has 16 heavy (non-hydrogen) atoms. The monoisotopic (exact) mass is 305 g/mol. The fraction of sp³-hybridized carbons (Fsp3) is 0.545. The zero-order chi connectivity index (χ0) is 12.1. The van der Waals surface area contributed by atoms with Crippen molar-refractivity contribution in [3.05, 3.63) is 20.8 Å². The van der Waals surface area contributed by atoms with Crippen LogP contribution in [0, 0.1) is 0 Å². The van der Waals surface area contributed by atoms with E-state index in [9.17, 15) is 4.79 Å². The maximum atomic E-state index is 10.4. The van der Waals surface area contributed by atoms with Crippen LogP contribution in [-0.4, -0.2) is 29.6 Å². The average Bonchev–Trinajstić information content (AvgIpc) is 2.63. The van der Waals surface area contributed by atoms with Gasteiger partial charge < -0.3 is 5.11 Å². The zero-order valence-electron chi connectivity index (χ0n) is 9.44. The van der Waals surface area contributed by atoms with Crippen molar-refractivity contribution >= 4 is 33.2 Å². The summed E-state index contributed by atoms with van der Waals surface area (Å²) in [6, 6.07) is 4.49. The fourth-order valence-electron chi connectivity index (χ4n) is 1.44. The summed E-state index contributed by atoms with van der Waals surface area (Å²) in [6.45, 7) is 2.95. The van der Waals surface area contributed by atoms with Crippen molar-refractivity contribution in [1.82, 2.24) is 4.90 Å². The molecule has 1 heterocycles. The second-order valence-corrected chi connectivity index (χ2v) is 6.29. The normalized spacial score (nSPS) is 13.0. The molecule has 0 radical (unpaired) electrons. The zero-order valence-corrected chi connectivity index (χ0v) is 11.8. The van der Waals surface area contributed by atoms with Crippen LogP contribution in [0.15, 0.2) is 15.9 Å². The van der Waals surface area contributed by atoms with Crippen LogP contribution in [0.3, 0.4) is 0 Å². The van der Waals surface area contributed by atoms with Gasteiger partial charge in [0.1, 0.15) is 0 Å². The summed E-state index contributed by atoms with van der Waals surface area (Å²) in [7, 11) is 2.03. The Bertz CT molecular complexity index is 354. The Morgan fingerprint density at radius 3 is 2.81 bits per heavy atom. The molecule has 1 N–H and O–H groups in total. The van der Waals surface area contributed by atoms with Crippen molar-refractivity contribution in [3.63, 3.8) is 0 Å². The molecule has 0 aliphatic heterocycles. The Balaban J connectivity index is 2.41. The van der Waals surface area contributed by atoms with Crippen LogP contribution < -0.4 is 0 Å². The molecular weight excluding hydrogens is 290 g/mol. The van der Waals surface area contributed by atoms with E-state index in [4.69, 9.17) is 5.11 Å². The summed E-state index contributed by atoms with van der Waals surface area (Å²) >= 11 is 5.17. The summed E-state index contributed by atoms with van der Waals surface area (Å²) in [5.41, 5.74) is 0. The molecule has 0 saturated heterocycles. The third-order valence-electron chi connectivity index (χ3n) is 2.57. The van der Waals surface area contributed by atoms with Gasteiger partial charge in [0.05, 0.1) is 3.79 Å². The SMILES string of the molecule is CC(c1ccc(Br)s1)N(C)CCCC(=O)O. The number of hydrogen-bond acceptors (Lipinski definition) is 3. The number of carboxylic acids is 1. The maximum absolute atomic E-state index is 10.4. The summed E-state index contributed by atoms with van der Waals surface area (Å²) in [4.78, 5) is 13.9. The van der Waals surface area contributed by atoms with Gasteiger partial charge in [-0.2, -0.15) is 0 Å². The van der Waals surface area contributed by atoms with Crippen LogP contribution in [0.1, 0.15) is 30.7 Å². The molecular formula is C11H16BrNO2S. The number of nitrogens with zero attached hydrogens (tertiary/aromatic N) is 1. The van der Waals surface area contributed by atoms with E-state index in [1.165, 1.54) is 4.88 Å². The summed E-state index contributed by atoms with van der Waals surface area (Å²) < 4.78 is 1.13. The highest BCUT2D eigenvalue weighted by Crippen LogP contribution is 2.29. The minimum absolute atomic E-state index is 0.241.